The maximum absolute atomic E-state index is 11.0. The normalized spacial score (nSPS) is 12.6. The fourth-order valence-corrected chi connectivity index (χ4v) is 2.48. The average molecular weight is 301 g/mol. The highest BCUT2D eigenvalue weighted by atomic mass is 16.6. The van der Waals surface area contributed by atoms with Crippen molar-refractivity contribution in [1.29, 1.82) is 0 Å². The lowest BCUT2D eigenvalue weighted by molar-refractivity contribution is -0.392. The number of hydrogen-bond acceptors (Lipinski definition) is 5. The van der Waals surface area contributed by atoms with Gasteiger partial charge in [-0.1, -0.05) is 12.1 Å². The molecule has 3 rings (SSSR count). The molecule has 0 aliphatic heterocycles. The maximum Gasteiger partial charge on any atom is 0.342 e. The summed E-state index contributed by atoms with van der Waals surface area (Å²) >= 11 is 0. The van der Waals surface area contributed by atoms with E-state index in [0.29, 0.717) is 12.4 Å². The van der Waals surface area contributed by atoms with Gasteiger partial charge in [0.1, 0.15) is 18.8 Å². The third-order valence-electron chi connectivity index (χ3n) is 3.55. The van der Waals surface area contributed by atoms with Crippen molar-refractivity contribution in [1.82, 2.24) is 19.1 Å². The smallest absolute Gasteiger partial charge is 0.342 e. The summed E-state index contributed by atoms with van der Waals surface area (Å²) in [5.41, 5.74) is 1.76. The summed E-state index contributed by atoms with van der Waals surface area (Å²) in [6, 6.07) is 7.61. The molecule has 8 nitrogen and oxygen atoms in total. The van der Waals surface area contributed by atoms with Gasteiger partial charge < -0.3 is 19.8 Å². The first-order chi connectivity index (χ1) is 10.6. The quantitative estimate of drug-likeness (QED) is 0.569. The Morgan fingerprint density at radius 1 is 1.32 bits per heavy atom. The van der Waals surface area contributed by atoms with E-state index in [1.165, 1.54) is 10.8 Å². The van der Waals surface area contributed by atoms with Gasteiger partial charge in [-0.2, -0.15) is 0 Å². The van der Waals surface area contributed by atoms with Crippen LogP contribution in [0.25, 0.3) is 11.0 Å². The number of fused-ring (bicyclic) bond motifs is 1. The second-order valence-electron chi connectivity index (χ2n) is 5.07. The van der Waals surface area contributed by atoms with Gasteiger partial charge in [-0.25, -0.2) is 14.5 Å². The van der Waals surface area contributed by atoms with Crippen LogP contribution < -0.4 is 0 Å². The molecule has 1 N–H and O–H groups in total. The molecule has 0 aliphatic rings. The lowest BCUT2D eigenvalue weighted by Crippen LogP contribution is -2.23. The van der Waals surface area contributed by atoms with Gasteiger partial charge in [0.25, 0.3) is 0 Å². The van der Waals surface area contributed by atoms with E-state index in [9.17, 15) is 15.2 Å². The molecule has 0 saturated heterocycles. The first-order valence-corrected chi connectivity index (χ1v) is 6.80. The van der Waals surface area contributed by atoms with Crippen LogP contribution in [-0.4, -0.2) is 35.2 Å². The van der Waals surface area contributed by atoms with Crippen LogP contribution in [0.2, 0.25) is 0 Å². The summed E-state index contributed by atoms with van der Waals surface area (Å²) in [7, 11) is 0. The molecule has 1 atom stereocenters. The number of benzene rings is 1. The molecule has 3 aromatic rings. The van der Waals surface area contributed by atoms with E-state index in [1.54, 1.807) is 13.3 Å². The molecular weight excluding hydrogens is 286 g/mol. The molecular formula is C14H15N5O3. The van der Waals surface area contributed by atoms with Gasteiger partial charge in [-0.15, -0.1) is 0 Å². The molecule has 1 aromatic carbocycles. The summed E-state index contributed by atoms with van der Waals surface area (Å²) in [4.78, 5) is 18.6. The monoisotopic (exact) mass is 301 g/mol. The molecule has 0 bridgehead atoms. The summed E-state index contributed by atoms with van der Waals surface area (Å²) in [5, 5.41) is 21.2. The Balaban J connectivity index is 1.80. The Morgan fingerprint density at radius 3 is 2.86 bits per heavy atom. The Morgan fingerprint density at radius 2 is 2.09 bits per heavy atom. The molecule has 0 radical (unpaired) electrons. The highest BCUT2D eigenvalue weighted by Crippen LogP contribution is 2.16. The van der Waals surface area contributed by atoms with E-state index < -0.39 is 11.0 Å². The second kappa shape index (κ2) is 5.57. The fraction of sp³-hybridized carbons (Fsp3) is 0.286. The van der Waals surface area contributed by atoms with Crippen LogP contribution >= 0.6 is 0 Å². The van der Waals surface area contributed by atoms with Crippen LogP contribution in [0, 0.1) is 17.0 Å². The number of aryl methyl sites for hydroxylation is 1. The third kappa shape index (κ3) is 2.56. The number of para-hydroxylation sites is 2. The van der Waals surface area contributed by atoms with Crippen LogP contribution in [-0.2, 0) is 13.1 Å². The van der Waals surface area contributed by atoms with Gasteiger partial charge in [0, 0.05) is 6.92 Å². The lowest BCUT2D eigenvalue weighted by Gasteiger charge is -2.11. The number of aromatic nitrogens is 4. The standard InChI is InChI=1S/C14H15N5O3/c1-10-15-6-14(19(21)22)18(10)8-11(20)7-17-9-16-12-4-2-3-5-13(12)17/h2-6,9,11,20H,7-8H2,1H3. The van der Waals surface area contributed by atoms with Crippen LogP contribution in [0.4, 0.5) is 5.82 Å². The Labute approximate surface area is 125 Å². The first-order valence-electron chi connectivity index (χ1n) is 6.80. The molecule has 0 amide bonds. The van der Waals surface area contributed by atoms with Gasteiger partial charge in [-0.05, 0) is 17.1 Å². The van der Waals surface area contributed by atoms with Crippen molar-refractivity contribution in [3.05, 3.63) is 52.7 Å². The van der Waals surface area contributed by atoms with E-state index in [1.807, 2.05) is 28.8 Å². The third-order valence-corrected chi connectivity index (χ3v) is 3.55. The Bertz CT molecular complexity index is 823. The lowest BCUT2D eigenvalue weighted by atomic mass is 10.3. The molecule has 1 unspecified atom stereocenters. The zero-order chi connectivity index (χ0) is 15.7. The summed E-state index contributed by atoms with van der Waals surface area (Å²) in [5.74, 6) is 0.383. The summed E-state index contributed by atoms with van der Waals surface area (Å²) in [6.07, 6.45) is 2.07. The second-order valence-corrected chi connectivity index (χ2v) is 5.07. The number of rotatable bonds is 5. The van der Waals surface area contributed by atoms with E-state index in [0.717, 1.165) is 11.0 Å². The minimum atomic E-state index is -0.788. The predicted molar refractivity (Wildman–Crippen MR) is 79.4 cm³/mol. The maximum atomic E-state index is 11.0. The number of imidazole rings is 2. The minimum Gasteiger partial charge on any atom is -0.387 e. The molecule has 0 spiro atoms. The van der Waals surface area contributed by atoms with Crippen molar-refractivity contribution in [2.24, 2.45) is 0 Å². The average Bonchev–Trinajstić information content (AvgIpc) is 3.04. The molecule has 22 heavy (non-hydrogen) atoms. The Kier molecular flexibility index (Phi) is 3.60. The van der Waals surface area contributed by atoms with Gasteiger partial charge in [0.05, 0.1) is 23.9 Å². The van der Waals surface area contributed by atoms with Crippen molar-refractivity contribution < 1.29 is 10.0 Å². The van der Waals surface area contributed by atoms with Gasteiger partial charge in [0.15, 0.2) is 5.82 Å². The van der Waals surface area contributed by atoms with Crippen LogP contribution in [0.3, 0.4) is 0 Å². The number of aliphatic hydroxyl groups is 1. The molecule has 2 heterocycles. The minimum absolute atomic E-state index is 0.106. The number of aliphatic hydroxyl groups excluding tert-OH is 1. The van der Waals surface area contributed by atoms with Crippen molar-refractivity contribution in [3.63, 3.8) is 0 Å². The summed E-state index contributed by atoms with van der Waals surface area (Å²) < 4.78 is 3.24. The number of nitrogens with zero attached hydrogens (tertiary/aromatic N) is 5. The largest absolute Gasteiger partial charge is 0.387 e. The summed E-state index contributed by atoms with van der Waals surface area (Å²) in [6.45, 7) is 2.08. The number of nitro groups is 1. The SMILES string of the molecule is Cc1ncc([N+](=O)[O-])n1CC(O)Cn1cnc2ccccc21. The van der Waals surface area contributed by atoms with E-state index in [4.69, 9.17) is 0 Å². The van der Waals surface area contributed by atoms with Gasteiger partial charge in [0.2, 0.25) is 0 Å². The molecule has 0 aliphatic carbocycles. The van der Waals surface area contributed by atoms with Crippen molar-refractivity contribution in [2.45, 2.75) is 26.1 Å². The van der Waals surface area contributed by atoms with E-state index >= 15 is 0 Å². The van der Waals surface area contributed by atoms with Gasteiger partial charge >= 0.3 is 5.82 Å². The van der Waals surface area contributed by atoms with Crippen LogP contribution in [0.5, 0.6) is 0 Å². The van der Waals surface area contributed by atoms with E-state index in [2.05, 4.69) is 9.97 Å². The first kappa shape index (κ1) is 14.2. The van der Waals surface area contributed by atoms with Crippen molar-refractivity contribution >= 4 is 16.9 Å². The highest BCUT2D eigenvalue weighted by Gasteiger charge is 2.21. The fourth-order valence-electron chi connectivity index (χ4n) is 2.48. The van der Waals surface area contributed by atoms with E-state index in [-0.39, 0.29) is 12.4 Å². The predicted octanol–water partition coefficient (Wildman–Crippen LogP) is 1.51. The van der Waals surface area contributed by atoms with Crippen LogP contribution in [0.1, 0.15) is 5.82 Å². The highest BCUT2D eigenvalue weighted by molar-refractivity contribution is 5.74. The molecule has 8 heteroatoms. The molecule has 0 fully saturated rings. The molecule has 0 saturated carbocycles. The topological polar surface area (TPSA) is 99.0 Å². The van der Waals surface area contributed by atoms with Crippen molar-refractivity contribution in [3.8, 4) is 0 Å². The Hall–Kier alpha value is -2.74. The van der Waals surface area contributed by atoms with Gasteiger partial charge in [-0.3, -0.25) is 0 Å². The number of hydrogen-bond donors (Lipinski definition) is 1. The molecule has 2 aromatic heterocycles. The zero-order valence-corrected chi connectivity index (χ0v) is 12.0. The molecule has 114 valence electrons. The van der Waals surface area contributed by atoms with Crippen molar-refractivity contribution in [2.75, 3.05) is 0 Å². The zero-order valence-electron chi connectivity index (χ0n) is 12.0. The van der Waals surface area contributed by atoms with Crippen LogP contribution in [0.15, 0.2) is 36.8 Å².